The number of esters is 3. The third kappa shape index (κ3) is 5.94. The number of carbonyl (C=O) groups is 4. The van der Waals surface area contributed by atoms with Crippen LogP contribution in [0.25, 0.3) is 0 Å². The van der Waals surface area contributed by atoms with Gasteiger partial charge in [-0.25, -0.2) is 9.59 Å². The van der Waals surface area contributed by atoms with Crippen LogP contribution in [0.1, 0.15) is 45.9 Å². The molecule has 1 aromatic rings. The van der Waals surface area contributed by atoms with Crippen molar-refractivity contribution in [3.05, 3.63) is 21.7 Å². The lowest BCUT2D eigenvalue weighted by molar-refractivity contribution is -0.165. The standard InChI is InChI=1S/C19H28N2O9/c1-11(22)20-19(16(25)27-6,17(26)28-7)8-13-14(9-18(3,4)5)30-21(15(13)24)10-29-12(2)23/h8-10H2,1-7H3,(H,20,22). The first kappa shape index (κ1) is 24.9. The van der Waals surface area contributed by atoms with Gasteiger partial charge in [-0.1, -0.05) is 20.8 Å². The molecule has 0 aliphatic rings. The number of hydrogen-bond acceptors (Lipinski definition) is 9. The first-order valence-corrected chi connectivity index (χ1v) is 9.08. The van der Waals surface area contributed by atoms with Crippen LogP contribution >= 0.6 is 0 Å². The minimum absolute atomic E-state index is 0.0540. The van der Waals surface area contributed by atoms with Gasteiger partial charge in [-0.05, 0) is 5.41 Å². The minimum atomic E-state index is -2.30. The molecule has 11 nitrogen and oxygen atoms in total. The van der Waals surface area contributed by atoms with Gasteiger partial charge in [-0.15, -0.1) is 4.74 Å². The fourth-order valence-corrected chi connectivity index (χ4v) is 2.82. The van der Waals surface area contributed by atoms with Crippen molar-refractivity contribution < 1.29 is 37.9 Å². The van der Waals surface area contributed by atoms with E-state index >= 15 is 0 Å². The summed E-state index contributed by atoms with van der Waals surface area (Å²) in [5.74, 6) is -3.40. The Labute approximate surface area is 173 Å². The monoisotopic (exact) mass is 428 g/mol. The van der Waals surface area contributed by atoms with Gasteiger partial charge in [0.1, 0.15) is 5.76 Å². The molecule has 11 heteroatoms. The van der Waals surface area contributed by atoms with Gasteiger partial charge in [0.15, 0.2) is 0 Å². The van der Waals surface area contributed by atoms with Crippen molar-refractivity contribution in [3.63, 3.8) is 0 Å². The number of carbonyl (C=O) groups excluding carboxylic acids is 4. The maximum atomic E-state index is 12.9. The summed E-state index contributed by atoms with van der Waals surface area (Å²) in [6.45, 7) is 7.45. The lowest BCUT2D eigenvalue weighted by Gasteiger charge is -2.28. The molecule has 0 atom stereocenters. The summed E-state index contributed by atoms with van der Waals surface area (Å²) in [4.78, 5) is 60.9. The molecule has 1 amide bonds. The van der Waals surface area contributed by atoms with Crippen molar-refractivity contribution in [1.82, 2.24) is 10.1 Å². The van der Waals surface area contributed by atoms with Crippen LogP contribution in [0.4, 0.5) is 0 Å². The van der Waals surface area contributed by atoms with Crippen LogP contribution in [0.3, 0.4) is 0 Å². The Hall–Kier alpha value is -3.11. The Kier molecular flexibility index (Phi) is 7.97. The zero-order chi connectivity index (χ0) is 23.3. The second-order valence-corrected chi connectivity index (χ2v) is 7.93. The lowest BCUT2D eigenvalue weighted by atomic mass is 9.85. The number of amides is 1. The maximum Gasteiger partial charge on any atom is 0.343 e. The van der Waals surface area contributed by atoms with Gasteiger partial charge in [-0.2, -0.15) is 0 Å². The van der Waals surface area contributed by atoms with E-state index in [-0.39, 0.29) is 23.2 Å². The fourth-order valence-electron chi connectivity index (χ4n) is 2.82. The number of hydrogen-bond donors (Lipinski definition) is 1. The molecule has 0 aromatic carbocycles. The van der Waals surface area contributed by atoms with Gasteiger partial charge in [-0.3, -0.25) is 14.4 Å². The lowest BCUT2D eigenvalue weighted by Crippen LogP contribution is -2.62. The number of nitrogens with zero attached hydrogens (tertiary/aromatic N) is 1. The maximum absolute atomic E-state index is 12.9. The summed E-state index contributed by atoms with van der Waals surface area (Å²) in [5.41, 5.74) is -3.42. The molecule has 1 heterocycles. The van der Waals surface area contributed by atoms with E-state index in [0.717, 1.165) is 25.9 Å². The first-order chi connectivity index (χ1) is 13.8. The fraction of sp³-hybridized carbons (Fsp3) is 0.632. The van der Waals surface area contributed by atoms with E-state index in [1.165, 1.54) is 6.92 Å². The number of ether oxygens (including phenoxy) is 3. The largest absolute Gasteiger partial charge is 0.467 e. The summed E-state index contributed by atoms with van der Waals surface area (Å²) in [7, 11) is 2.07. The Balaban J connectivity index is 3.64. The van der Waals surface area contributed by atoms with Crippen LogP contribution in [-0.4, -0.2) is 48.3 Å². The van der Waals surface area contributed by atoms with Crippen LogP contribution in [0.2, 0.25) is 0 Å². The van der Waals surface area contributed by atoms with E-state index in [1.54, 1.807) is 0 Å². The third-order valence-electron chi connectivity index (χ3n) is 4.02. The molecule has 0 saturated heterocycles. The van der Waals surface area contributed by atoms with E-state index in [0.29, 0.717) is 0 Å². The van der Waals surface area contributed by atoms with Gasteiger partial charge >= 0.3 is 17.9 Å². The number of methoxy groups -OCH3 is 2. The normalized spacial score (nSPS) is 11.6. The SMILES string of the molecule is COC(=O)C(Cc1c(CC(C)(C)C)on(COC(C)=O)c1=O)(NC(C)=O)C(=O)OC. The molecule has 168 valence electrons. The average Bonchev–Trinajstić information content (AvgIpc) is 2.90. The van der Waals surface area contributed by atoms with Crippen molar-refractivity contribution >= 4 is 23.8 Å². The highest BCUT2D eigenvalue weighted by molar-refractivity contribution is 6.08. The van der Waals surface area contributed by atoms with Crippen molar-refractivity contribution in [1.29, 1.82) is 0 Å². The molecular weight excluding hydrogens is 400 g/mol. The van der Waals surface area contributed by atoms with E-state index < -0.39 is 48.1 Å². The minimum Gasteiger partial charge on any atom is -0.467 e. The van der Waals surface area contributed by atoms with Crippen LogP contribution < -0.4 is 10.9 Å². The summed E-state index contributed by atoms with van der Waals surface area (Å²) in [6.07, 6.45) is -0.324. The summed E-state index contributed by atoms with van der Waals surface area (Å²) < 4.78 is 20.6. The Bertz CT molecular complexity index is 858. The van der Waals surface area contributed by atoms with Crippen LogP contribution in [0, 0.1) is 5.41 Å². The summed E-state index contributed by atoms with van der Waals surface area (Å²) in [6, 6.07) is 0. The molecule has 0 aliphatic carbocycles. The molecule has 30 heavy (non-hydrogen) atoms. The predicted octanol–water partition coefficient (Wildman–Crippen LogP) is 0.314. The van der Waals surface area contributed by atoms with Gasteiger partial charge in [0.2, 0.25) is 18.2 Å². The molecule has 0 unspecified atom stereocenters. The van der Waals surface area contributed by atoms with Crippen molar-refractivity contribution in [3.8, 4) is 0 Å². The van der Waals surface area contributed by atoms with Crippen molar-refractivity contribution in [2.75, 3.05) is 14.2 Å². The number of rotatable bonds is 8. The zero-order valence-corrected chi connectivity index (χ0v) is 18.2. The third-order valence-corrected chi connectivity index (χ3v) is 4.02. The van der Waals surface area contributed by atoms with E-state index in [2.05, 4.69) is 5.32 Å². The highest BCUT2D eigenvalue weighted by atomic mass is 16.6. The highest BCUT2D eigenvalue weighted by Crippen LogP contribution is 2.25. The van der Waals surface area contributed by atoms with E-state index in [4.69, 9.17) is 18.7 Å². The van der Waals surface area contributed by atoms with E-state index in [1.807, 2.05) is 20.8 Å². The molecule has 0 bridgehead atoms. The zero-order valence-electron chi connectivity index (χ0n) is 18.2. The smallest absolute Gasteiger partial charge is 0.343 e. The summed E-state index contributed by atoms with van der Waals surface area (Å²) in [5, 5.41) is 2.26. The average molecular weight is 428 g/mol. The summed E-state index contributed by atoms with van der Waals surface area (Å²) >= 11 is 0. The number of aromatic nitrogens is 1. The Morgan fingerprint density at radius 2 is 1.53 bits per heavy atom. The van der Waals surface area contributed by atoms with Crippen LogP contribution in [0.15, 0.2) is 9.32 Å². The molecule has 1 rings (SSSR count). The molecule has 0 aliphatic heterocycles. The Morgan fingerprint density at radius 1 is 1.00 bits per heavy atom. The van der Waals surface area contributed by atoms with Crippen LogP contribution in [0.5, 0.6) is 0 Å². The topological polar surface area (TPSA) is 143 Å². The Morgan fingerprint density at radius 3 is 1.93 bits per heavy atom. The molecule has 0 saturated carbocycles. The molecule has 0 spiro atoms. The van der Waals surface area contributed by atoms with Crippen LogP contribution in [-0.2, 0) is 53.0 Å². The van der Waals surface area contributed by atoms with Gasteiger partial charge in [0.25, 0.3) is 5.56 Å². The molecular formula is C19H28N2O9. The highest BCUT2D eigenvalue weighted by Gasteiger charge is 2.51. The second-order valence-electron chi connectivity index (χ2n) is 7.93. The molecule has 0 fully saturated rings. The predicted molar refractivity (Wildman–Crippen MR) is 102 cm³/mol. The first-order valence-electron chi connectivity index (χ1n) is 9.08. The van der Waals surface area contributed by atoms with Crippen molar-refractivity contribution in [2.45, 2.75) is 59.7 Å². The van der Waals surface area contributed by atoms with Gasteiger partial charge < -0.3 is 24.1 Å². The quantitative estimate of drug-likeness (QED) is 0.351. The number of nitrogens with one attached hydrogen (secondary N) is 1. The van der Waals surface area contributed by atoms with Gasteiger partial charge in [0.05, 0.1) is 19.8 Å². The second kappa shape index (κ2) is 9.59. The molecule has 1 aromatic heterocycles. The molecule has 1 N–H and O–H groups in total. The van der Waals surface area contributed by atoms with Gasteiger partial charge in [0, 0.05) is 26.7 Å². The van der Waals surface area contributed by atoms with E-state index in [9.17, 15) is 24.0 Å². The molecule has 0 radical (unpaired) electrons. The van der Waals surface area contributed by atoms with Crippen molar-refractivity contribution in [2.24, 2.45) is 5.41 Å².